The van der Waals surface area contributed by atoms with Gasteiger partial charge in [-0.05, 0) is 55.2 Å². The number of carbonyl (C=O) groups is 1. The number of benzene rings is 2. The Balaban J connectivity index is 1.84. The maximum Gasteiger partial charge on any atom is 0.253 e. The molecule has 2 aromatic rings. The molecule has 1 saturated heterocycles. The van der Waals surface area contributed by atoms with E-state index in [0.29, 0.717) is 24.2 Å². The van der Waals surface area contributed by atoms with E-state index in [-0.39, 0.29) is 17.0 Å². The molecule has 1 aliphatic rings. The van der Waals surface area contributed by atoms with Crippen molar-refractivity contribution in [2.45, 2.75) is 37.6 Å². The lowest BCUT2D eigenvalue weighted by atomic mass is 10.1. The average Bonchev–Trinajstić information content (AvgIpc) is 2.71. The molecule has 1 heterocycles. The van der Waals surface area contributed by atoms with Crippen LogP contribution in [0.5, 0.6) is 0 Å². The van der Waals surface area contributed by atoms with Gasteiger partial charge in [-0.25, -0.2) is 17.2 Å². The largest absolute Gasteiger partial charge is 0.337 e. The number of amides is 1. The van der Waals surface area contributed by atoms with Crippen molar-refractivity contribution in [2.24, 2.45) is 0 Å². The van der Waals surface area contributed by atoms with Gasteiger partial charge in [0.25, 0.3) is 5.91 Å². The smallest absolute Gasteiger partial charge is 0.253 e. The number of nitrogens with zero attached hydrogens (tertiary/aromatic N) is 2. The van der Waals surface area contributed by atoms with E-state index >= 15 is 0 Å². The van der Waals surface area contributed by atoms with Crippen molar-refractivity contribution in [3.05, 3.63) is 64.7 Å². The molecule has 0 atom stereocenters. The van der Waals surface area contributed by atoms with Crippen LogP contribution in [-0.2, 0) is 16.6 Å². The van der Waals surface area contributed by atoms with E-state index < -0.39 is 27.6 Å². The van der Waals surface area contributed by atoms with Crippen LogP contribution in [-0.4, -0.2) is 43.7 Å². The lowest BCUT2D eigenvalue weighted by Gasteiger charge is -2.27. The topological polar surface area (TPSA) is 57.7 Å². The molecule has 1 fully saturated rings. The molecular weight excluding hydrogens is 398 g/mol. The maximum atomic E-state index is 13.4. The van der Waals surface area contributed by atoms with Crippen LogP contribution in [0.15, 0.2) is 41.3 Å². The Morgan fingerprint density at radius 2 is 1.72 bits per heavy atom. The highest BCUT2D eigenvalue weighted by Crippen LogP contribution is 2.25. The van der Waals surface area contributed by atoms with E-state index in [1.807, 2.05) is 0 Å². The van der Waals surface area contributed by atoms with Crippen LogP contribution in [0.4, 0.5) is 8.78 Å². The van der Waals surface area contributed by atoms with Gasteiger partial charge in [0.1, 0.15) is 0 Å². The standard InChI is InChI=1S/C21H24F2N2O3S/c1-15-6-8-17(13-20(15)29(27,28)25-10-4-3-5-11-25)21(26)24(2)14-16-7-9-18(22)19(23)12-16/h6-9,12-13H,3-5,10-11,14H2,1-2H3. The van der Waals surface area contributed by atoms with Crippen LogP contribution in [0, 0.1) is 18.6 Å². The van der Waals surface area contributed by atoms with E-state index in [1.165, 1.54) is 28.4 Å². The molecule has 0 aliphatic carbocycles. The fourth-order valence-corrected chi connectivity index (χ4v) is 5.23. The molecule has 0 saturated carbocycles. The van der Waals surface area contributed by atoms with Crippen molar-refractivity contribution in [1.29, 1.82) is 0 Å². The summed E-state index contributed by atoms with van der Waals surface area (Å²) in [5.74, 6) is -2.33. The number of carbonyl (C=O) groups excluding carboxylic acids is 1. The Hall–Kier alpha value is -2.32. The molecule has 0 aromatic heterocycles. The highest BCUT2D eigenvalue weighted by atomic mass is 32.2. The quantitative estimate of drug-likeness (QED) is 0.738. The molecule has 1 amide bonds. The number of aryl methyl sites for hydroxylation is 1. The highest BCUT2D eigenvalue weighted by molar-refractivity contribution is 7.89. The fraction of sp³-hybridized carbons (Fsp3) is 0.381. The zero-order valence-electron chi connectivity index (χ0n) is 16.5. The lowest BCUT2D eigenvalue weighted by molar-refractivity contribution is 0.0784. The number of hydrogen-bond donors (Lipinski definition) is 0. The average molecular weight is 422 g/mol. The van der Waals surface area contributed by atoms with Crippen molar-refractivity contribution >= 4 is 15.9 Å². The summed E-state index contributed by atoms with van der Waals surface area (Å²) in [6, 6.07) is 8.07. The minimum Gasteiger partial charge on any atom is -0.337 e. The lowest BCUT2D eigenvalue weighted by Crippen LogP contribution is -2.36. The molecule has 29 heavy (non-hydrogen) atoms. The molecule has 3 rings (SSSR count). The summed E-state index contributed by atoms with van der Waals surface area (Å²) in [5.41, 5.74) is 1.25. The van der Waals surface area contributed by atoms with Gasteiger partial charge in [-0.3, -0.25) is 4.79 Å². The summed E-state index contributed by atoms with van der Waals surface area (Å²) in [6.45, 7) is 2.74. The Labute approximate surface area is 170 Å². The SMILES string of the molecule is Cc1ccc(C(=O)N(C)Cc2ccc(F)c(F)c2)cc1S(=O)(=O)N1CCCCC1. The summed E-state index contributed by atoms with van der Waals surface area (Å²) >= 11 is 0. The fourth-order valence-electron chi connectivity index (χ4n) is 3.46. The predicted octanol–water partition coefficient (Wildman–Crippen LogP) is 3.72. The van der Waals surface area contributed by atoms with Gasteiger partial charge in [0.2, 0.25) is 10.0 Å². The molecular formula is C21H24F2N2O3S. The van der Waals surface area contributed by atoms with Crippen LogP contribution in [0.25, 0.3) is 0 Å². The second-order valence-electron chi connectivity index (χ2n) is 7.35. The third-order valence-corrected chi connectivity index (χ3v) is 7.16. The van der Waals surface area contributed by atoms with Crippen molar-refractivity contribution in [3.63, 3.8) is 0 Å². The highest BCUT2D eigenvalue weighted by Gasteiger charge is 2.28. The molecule has 0 N–H and O–H groups in total. The van der Waals surface area contributed by atoms with Gasteiger partial charge in [0.15, 0.2) is 11.6 Å². The maximum absolute atomic E-state index is 13.4. The first-order valence-corrected chi connectivity index (χ1v) is 10.9. The van der Waals surface area contributed by atoms with E-state index in [4.69, 9.17) is 0 Å². The van der Waals surface area contributed by atoms with Crippen molar-refractivity contribution in [1.82, 2.24) is 9.21 Å². The first-order valence-electron chi connectivity index (χ1n) is 9.50. The van der Waals surface area contributed by atoms with Crippen molar-refractivity contribution < 1.29 is 22.0 Å². The first-order chi connectivity index (χ1) is 13.7. The molecule has 2 aromatic carbocycles. The molecule has 0 unspecified atom stereocenters. The zero-order chi connectivity index (χ0) is 21.2. The number of hydrogen-bond acceptors (Lipinski definition) is 3. The van der Waals surface area contributed by atoms with Crippen LogP contribution in [0.3, 0.4) is 0 Å². The number of rotatable bonds is 5. The summed E-state index contributed by atoms with van der Waals surface area (Å²) in [4.78, 5) is 14.3. The molecule has 0 bridgehead atoms. The van der Waals surface area contributed by atoms with Gasteiger partial charge >= 0.3 is 0 Å². The van der Waals surface area contributed by atoms with Crippen LogP contribution in [0.2, 0.25) is 0 Å². The summed E-state index contributed by atoms with van der Waals surface area (Å²) in [5, 5.41) is 0. The van der Waals surface area contributed by atoms with Gasteiger partial charge in [0.05, 0.1) is 4.90 Å². The Bertz CT molecular complexity index is 1020. The first kappa shape index (κ1) is 21.4. The molecule has 5 nitrogen and oxygen atoms in total. The normalized spacial score (nSPS) is 15.3. The second kappa shape index (κ2) is 8.59. The van der Waals surface area contributed by atoms with Gasteiger partial charge < -0.3 is 4.90 Å². The Morgan fingerprint density at radius 3 is 2.38 bits per heavy atom. The third kappa shape index (κ3) is 4.64. The summed E-state index contributed by atoms with van der Waals surface area (Å²) in [7, 11) is -2.14. The molecule has 0 spiro atoms. The zero-order valence-corrected chi connectivity index (χ0v) is 17.3. The van der Waals surface area contributed by atoms with E-state index in [1.54, 1.807) is 19.1 Å². The van der Waals surface area contributed by atoms with Gasteiger partial charge in [-0.15, -0.1) is 0 Å². The molecule has 1 aliphatic heterocycles. The van der Waals surface area contributed by atoms with E-state index in [0.717, 1.165) is 31.4 Å². The van der Waals surface area contributed by atoms with Crippen molar-refractivity contribution in [3.8, 4) is 0 Å². The van der Waals surface area contributed by atoms with E-state index in [9.17, 15) is 22.0 Å². The second-order valence-corrected chi connectivity index (χ2v) is 9.26. The molecule has 0 radical (unpaired) electrons. The van der Waals surface area contributed by atoms with Crippen molar-refractivity contribution in [2.75, 3.05) is 20.1 Å². The van der Waals surface area contributed by atoms with E-state index in [2.05, 4.69) is 0 Å². The predicted molar refractivity (Wildman–Crippen MR) is 106 cm³/mol. The summed E-state index contributed by atoms with van der Waals surface area (Å²) < 4.78 is 54.0. The van der Waals surface area contributed by atoms with Gasteiger partial charge in [-0.2, -0.15) is 4.31 Å². The number of sulfonamides is 1. The number of halogens is 2. The van der Waals surface area contributed by atoms with Gasteiger partial charge in [0, 0.05) is 32.2 Å². The van der Waals surface area contributed by atoms with Crippen LogP contribution in [0.1, 0.15) is 40.7 Å². The minimum atomic E-state index is -3.67. The van der Waals surface area contributed by atoms with Gasteiger partial charge in [-0.1, -0.05) is 18.6 Å². The Morgan fingerprint density at radius 1 is 1.03 bits per heavy atom. The third-order valence-electron chi connectivity index (χ3n) is 5.12. The van der Waals surface area contributed by atoms with Crippen LogP contribution >= 0.6 is 0 Å². The molecule has 156 valence electrons. The number of piperidine rings is 1. The molecule has 8 heteroatoms. The summed E-state index contributed by atoms with van der Waals surface area (Å²) in [6.07, 6.45) is 2.67. The monoisotopic (exact) mass is 422 g/mol. The minimum absolute atomic E-state index is 0.0676. The Kier molecular flexibility index (Phi) is 6.33. The van der Waals surface area contributed by atoms with Crippen LogP contribution < -0.4 is 0 Å².